The number of ether oxygens (including phenoxy) is 3. The van der Waals surface area contributed by atoms with E-state index in [4.69, 9.17) is 14.2 Å². The summed E-state index contributed by atoms with van der Waals surface area (Å²) in [7, 11) is 4.66. The molecule has 2 aromatic carbocycles. The van der Waals surface area contributed by atoms with Gasteiger partial charge in [0.2, 0.25) is 0 Å². The van der Waals surface area contributed by atoms with Crippen LogP contribution in [0.15, 0.2) is 42.5 Å². The molecule has 0 amide bonds. The molecule has 1 aliphatic heterocycles. The fourth-order valence-electron chi connectivity index (χ4n) is 3.11. The van der Waals surface area contributed by atoms with Gasteiger partial charge in [-0.1, -0.05) is 24.3 Å². The quantitative estimate of drug-likeness (QED) is 0.381. The first-order chi connectivity index (χ1) is 12.1. The molecule has 0 radical (unpaired) electrons. The van der Waals surface area contributed by atoms with E-state index in [2.05, 4.69) is 39.6 Å². The average molecular weight is 453 g/mol. The first-order valence-corrected chi connectivity index (χ1v) is 8.97. The molecule has 0 saturated carbocycles. The van der Waals surface area contributed by atoms with Crippen LogP contribution in [-0.2, 0) is 16.1 Å². The van der Waals surface area contributed by atoms with E-state index in [9.17, 15) is 4.79 Å². The number of methoxy groups -OCH3 is 3. The highest BCUT2D eigenvalue weighted by molar-refractivity contribution is 14.1. The van der Waals surface area contributed by atoms with Gasteiger partial charge in [-0.05, 0) is 51.9 Å². The second-order valence-electron chi connectivity index (χ2n) is 5.80. The molecule has 0 aromatic heterocycles. The third kappa shape index (κ3) is 3.59. The Balaban J connectivity index is 1.85. The summed E-state index contributed by atoms with van der Waals surface area (Å²) in [6.07, 6.45) is 0. The zero-order chi connectivity index (χ0) is 18.0. The summed E-state index contributed by atoms with van der Waals surface area (Å²) in [5, 5.41) is 0. The standard InChI is InChI=1S/C19H20INO4/c1-23-15-9-8-12(10-16(15)24-2)11-21-17(18(21)19(22)25-3)13-6-4-5-7-14(13)20/h4-10,17-18H,11H2,1-3H3/t17-,18-,21?/m1/s1. The van der Waals surface area contributed by atoms with Gasteiger partial charge in [0.1, 0.15) is 6.04 Å². The predicted octanol–water partition coefficient (Wildman–Crippen LogP) is 3.41. The minimum Gasteiger partial charge on any atom is -0.493 e. The maximum Gasteiger partial charge on any atom is 0.325 e. The van der Waals surface area contributed by atoms with Crippen molar-refractivity contribution in [2.24, 2.45) is 0 Å². The van der Waals surface area contributed by atoms with Crippen LogP contribution in [0.1, 0.15) is 17.2 Å². The van der Waals surface area contributed by atoms with E-state index in [-0.39, 0.29) is 18.1 Å². The summed E-state index contributed by atoms with van der Waals surface area (Å²) >= 11 is 2.31. The smallest absolute Gasteiger partial charge is 0.325 e. The molecule has 5 nitrogen and oxygen atoms in total. The van der Waals surface area contributed by atoms with E-state index in [1.54, 1.807) is 14.2 Å². The van der Waals surface area contributed by atoms with Crippen molar-refractivity contribution in [3.05, 3.63) is 57.2 Å². The van der Waals surface area contributed by atoms with Crippen LogP contribution in [0.3, 0.4) is 0 Å². The van der Waals surface area contributed by atoms with E-state index >= 15 is 0 Å². The van der Waals surface area contributed by atoms with Crippen molar-refractivity contribution in [3.8, 4) is 11.5 Å². The number of hydrogen-bond donors (Lipinski definition) is 0. The van der Waals surface area contributed by atoms with Gasteiger partial charge < -0.3 is 14.2 Å². The molecule has 3 atom stereocenters. The second kappa shape index (κ2) is 7.61. The van der Waals surface area contributed by atoms with Crippen molar-refractivity contribution in [1.82, 2.24) is 4.90 Å². The summed E-state index contributed by atoms with van der Waals surface area (Å²) in [6, 6.07) is 13.7. The lowest BCUT2D eigenvalue weighted by Crippen LogP contribution is -2.14. The summed E-state index contributed by atoms with van der Waals surface area (Å²) in [5.41, 5.74) is 2.21. The Morgan fingerprint density at radius 2 is 1.80 bits per heavy atom. The highest BCUT2D eigenvalue weighted by Gasteiger charge is 2.54. The van der Waals surface area contributed by atoms with Gasteiger partial charge in [0, 0.05) is 10.1 Å². The van der Waals surface area contributed by atoms with Crippen LogP contribution in [0, 0.1) is 3.57 Å². The van der Waals surface area contributed by atoms with E-state index in [1.807, 2.05) is 30.3 Å². The van der Waals surface area contributed by atoms with Crippen molar-refractivity contribution >= 4 is 28.6 Å². The van der Waals surface area contributed by atoms with Gasteiger partial charge in [0.05, 0.1) is 27.4 Å². The number of nitrogens with zero attached hydrogens (tertiary/aromatic N) is 1. The predicted molar refractivity (Wildman–Crippen MR) is 103 cm³/mol. The summed E-state index contributed by atoms with van der Waals surface area (Å²) in [5.74, 6) is 1.17. The first kappa shape index (κ1) is 18.0. The number of carbonyl (C=O) groups excluding carboxylic acids is 1. The van der Waals surface area contributed by atoms with Crippen LogP contribution in [0.4, 0.5) is 0 Å². The van der Waals surface area contributed by atoms with Crippen LogP contribution in [0.5, 0.6) is 11.5 Å². The van der Waals surface area contributed by atoms with E-state index < -0.39 is 0 Å². The van der Waals surface area contributed by atoms with Gasteiger partial charge in [-0.2, -0.15) is 0 Å². The number of benzene rings is 2. The Kier molecular flexibility index (Phi) is 5.48. The number of carbonyl (C=O) groups is 1. The molecule has 0 spiro atoms. The zero-order valence-electron chi connectivity index (χ0n) is 14.4. The Bertz CT molecular complexity index is 780. The van der Waals surface area contributed by atoms with Gasteiger partial charge in [0.15, 0.2) is 11.5 Å². The molecule has 25 heavy (non-hydrogen) atoms. The van der Waals surface area contributed by atoms with Crippen LogP contribution >= 0.6 is 22.6 Å². The van der Waals surface area contributed by atoms with Gasteiger partial charge >= 0.3 is 5.97 Å². The Hall–Kier alpha value is -1.80. The molecule has 0 bridgehead atoms. The summed E-state index contributed by atoms with van der Waals surface area (Å²) < 4.78 is 16.8. The monoisotopic (exact) mass is 453 g/mol. The van der Waals surface area contributed by atoms with Crippen molar-refractivity contribution in [1.29, 1.82) is 0 Å². The third-order valence-electron chi connectivity index (χ3n) is 4.40. The molecule has 0 N–H and O–H groups in total. The Morgan fingerprint density at radius 3 is 2.44 bits per heavy atom. The third-order valence-corrected chi connectivity index (χ3v) is 5.39. The maximum absolute atomic E-state index is 12.2. The lowest BCUT2D eigenvalue weighted by atomic mass is 10.1. The fraction of sp³-hybridized carbons (Fsp3) is 0.316. The average Bonchev–Trinajstić information content (AvgIpc) is 3.34. The van der Waals surface area contributed by atoms with Crippen molar-refractivity contribution in [2.75, 3.05) is 21.3 Å². The maximum atomic E-state index is 12.2. The van der Waals surface area contributed by atoms with Crippen molar-refractivity contribution < 1.29 is 19.0 Å². The molecular weight excluding hydrogens is 433 g/mol. The molecular formula is C19H20INO4. The fourth-order valence-corrected chi connectivity index (χ4v) is 3.82. The molecule has 3 rings (SSSR count). The largest absolute Gasteiger partial charge is 0.493 e. The highest BCUT2D eigenvalue weighted by atomic mass is 127. The van der Waals surface area contributed by atoms with Gasteiger partial charge in [-0.3, -0.25) is 9.69 Å². The Morgan fingerprint density at radius 1 is 1.08 bits per heavy atom. The van der Waals surface area contributed by atoms with E-state index in [0.29, 0.717) is 18.0 Å². The van der Waals surface area contributed by atoms with Gasteiger partial charge in [-0.15, -0.1) is 0 Å². The zero-order valence-corrected chi connectivity index (χ0v) is 16.5. The minimum absolute atomic E-state index is 0.0358. The molecule has 2 aromatic rings. The van der Waals surface area contributed by atoms with Gasteiger partial charge in [0.25, 0.3) is 0 Å². The summed E-state index contributed by atoms with van der Waals surface area (Å²) in [4.78, 5) is 14.3. The minimum atomic E-state index is -0.256. The number of halogens is 1. The number of esters is 1. The normalized spacial score (nSPS) is 21.5. The van der Waals surface area contributed by atoms with E-state index in [1.165, 1.54) is 7.11 Å². The second-order valence-corrected chi connectivity index (χ2v) is 6.96. The van der Waals surface area contributed by atoms with Crippen LogP contribution in [0.25, 0.3) is 0 Å². The van der Waals surface area contributed by atoms with Crippen molar-refractivity contribution in [2.45, 2.75) is 18.6 Å². The van der Waals surface area contributed by atoms with Crippen LogP contribution in [-0.4, -0.2) is 38.2 Å². The number of rotatable bonds is 6. The molecule has 1 aliphatic rings. The SMILES string of the molecule is COC(=O)[C@H]1[C@@H](c2ccccc2I)N1Cc1ccc(OC)c(OC)c1. The number of hydrogen-bond acceptors (Lipinski definition) is 5. The van der Waals surface area contributed by atoms with E-state index in [0.717, 1.165) is 14.7 Å². The van der Waals surface area contributed by atoms with Crippen LogP contribution in [0.2, 0.25) is 0 Å². The molecule has 1 fully saturated rings. The van der Waals surface area contributed by atoms with Gasteiger partial charge in [-0.25, -0.2) is 0 Å². The topological polar surface area (TPSA) is 47.8 Å². The summed E-state index contributed by atoms with van der Waals surface area (Å²) in [6.45, 7) is 0.635. The van der Waals surface area contributed by atoms with Crippen molar-refractivity contribution in [3.63, 3.8) is 0 Å². The molecule has 1 unspecified atom stereocenters. The molecule has 0 aliphatic carbocycles. The molecule has 132 valence electrons. The highest BCUT2D eigenvalue weighted by Crippen LogP contribution is 2.46. The molecule has 1 heterocycles. The molecule has 1 saturated heterocycles. The lowest BCUT2D eigenvalue weighted by molar-refractivity contribution is -0.141. The first-order valence-electron chi connectivity index (χ1n) is 7.89. The molecule has 6 heteroatoms. The van der Waals surface area contributed by atoms with Crippen LogP contribution < -0.4 is 9.47 Å². The Labute approximate surface area is 161 Å². The lowest BCUT2D eigenvalue weighted by Gasteiger charge is -2.10.